The third-order valence-corrected chi connectivity index (χ3v) is 3.03. The molecule has 19 heavy (non-hydrogen) atoms. The number of halogens is 3. The average molecular weight is 298 g/mol. The molecule has 10 heteroatoms. The fourth-order valence-corrected chi connectivity index (χ4v) is 1.70. The van der Waals surface area contributed by atoms with Gasteiger partial charge in [-0.25, -0.2) is 19.2 Å². The van der Waals surface area contributed by atoms with Gasteiger partial charge in [-0.3, -0.25) is 0 Å². The number of hydrazine groups is 1. The highest BCUT2D eigenvalue weighted by molar-refractivity contribution is 7.90. The number of nitrogens with two attached hydrogens (primary N) is 1. The Labute approximate surface area is 108 Å². The van der Waals surface area contributed by atoms with E-state index >= 15 is 0 Å². The first-order valence-corrected chi connectivity index (χ1v) is 7.15. The highest BCUT2D eigenvalue weighted by atomic mass is 32.2. The summed E-state index contributed by atoms with van der Waals surface area (Å²) in [5, 5.41) is 2.50. The summed E-state index contributed by atoms with van der Waals surface area (Å²) in [5.74, 6) is 4.54. The molecule has 1 heterocycles. The molecule has 0 aliphatic carbocycles. The molecule has 108 valence electrons. The summed E-state index contributed by atoms with van der Waals surface area (Å²) in [5.41, 5.74) is 1.08. The number of sulfone groups is 1. The van der Waals surface area contributed by atoms with Crippen LogP contribution in [0.2, 0.25) is 0 Å². The van der Waals surface area contributed by atoms with Gasteiger partial charge in [0.05, 0.1) is 11.3 Å². The summed E-state index contributed by atoms with van der Waals surface area (Å²) in [7, 11) is -3.20. The zero-order valence-electron chi connectivity index (χ0n) is 9.95. The molecular formula is C9H13F3N4O2S. The molecule has 0 amide bonds. The Bertz CT molecular complexity index is 545. The van der Waals surface area contributed by atoms with Crippen molar-refractivity contribution in [2.75, 3.05) is 29.3 Å². The van der Waals surface area contributed by atoms with Gasteiger partial charge in [0.1, 0.15) is 21.5 Å². The van der Waals surface area contributed by atoms with Crippen LogP contribution in [0.4, 0.5) is 24.8 Å². The van der Waals surface area contributed by atoms with Gasteiger partial charge in [-0.1, -0.05) is 0 Å². The van der Waals surface area contributed by atoms with Crippen LogP contribution in [0.1, 0.15) is 5.56 Å². The van der Waals surface area contributed by atoms with Crippen molar-refractivity contribution in [1.29, 1.82) is 0 Å². The summed E-state index contributed by atoms with van der Waals surface area (Å²) < 4.78 is 59.5. The van der Waals surface area contributed by atoms with Gasteiger partial charge in [0.15, 0.2) is 0 Å². The normalized spacial score (nSPS) is 12.3. The Morgan fingerprint density at radius 2 is 1.89 bits per heavy atom. The number of nitrogen functional groups attached to an aromatic ring is 1. The van der Waals surface area contributed by atoms with Crippen molar-refractivity contribution in [2.45, 2.75) is 6.18 Å². The minimum atomic E-state index is -4.54. The molecule has 1 rings (SSSR count). The summed E-state index contributed by atoms with van der Waals surface area (Å²) in [6, 6.07) is 1.53. The predicted molar refractivity (Wildman–Crippen MR) is 65.2 cm³/mol. The molecule has 0 aromatic carbocycles. The van der Waals surface area contributed by atoms with Crippen molar-refractivity contribution in [3.63, 3.8) is 0 Å². The van der Waals surface area contributed by atoms with Crippen molar-refractivity contribution in [3.05, 3.63) is 17.7 Å². The van der Waals surface area contributed by atoms with Crippen molar-refractivity contribution >= 4 is 21.5 Å². The third-order valence-electron chi connectivity index (χ3n) is 2.08. The molecular weight excluding hydrogens is 285 g/mol. The van der Waals surface area contributed by atoms with Gasteiger partial charge >= 0.3 is 6.18 Å². The van der Waals surface area contributed by atoms with Crippen LogP contribution in [0.25, 0.3) is 0 Å². The van der Waals surface area contributed by atoms with Crippen LogP contribution in [0, 0.1) is 0 Å². The Kier molecular flexibility index (Phi) is 4.58. The highest BCUT2D eigenvalue weighted by Crippen LogP contribution is 2.31. The van der Waals surface area contributed by atoms with Crippen LogP contribution in [0.15, 0.2) is 12.1 Å². The Morgan fingerprint density at radius 1 is 1.32 bits per heavy atom. The number of pyridine rings is 1. The second kappa shape index (κ2) is 5.61. The van der Waals surface area contributed by atoms with E-state index in [1.807, 2.05) is 5.43 Å². The lowest BCUT2D eigenvalue weighted by Crippen LogP contribution is -2.17. The van der Waals surface area contributed by atoms with Crippen molar-refractivity contribution in [1.82, 2.24) is 4.98 Å². The van der Waals surface area contributed by atoms with E-state index in [-0.39, 0.29) is 23.9 Å². The topological polar surface area (TPSA) is 97.1 Å². The van der Waals surface area contributed by atoms with Crippen molar-refractivity contribution in [2.24, 2.45) is 5.84 Å². The summed E-state index contributed by atoms with van der Waals surface area (Å²) >= 11 is 0. The summed E-state index contributed by atoms with van der Waals surface area (Å²) in [6.45, 7) is -0.0445. The number of hydrogen-bond acceptors (Lipinski definition) is 6. The van der Waals surface area contributed by atoms with Gasteiger partial charge < -0.3 is 10.7 Å². The summed E-state index contributed by atoms with van der Waals surface area (Å²) in [4.78, 5) is 3.74. The third kappa shape index (κ3) is 5.30. The number of nitrogens with zero attached hydrogens (tertiary/aromatic N) is 1. The molecule has 1 aromatic rings. The molecule has 0 radical (unpaired) electrons. The van der Waals surface area contributed by atoms with E-state index < -0.39 is 21.6 Å². The van der Waals surface area contributed by atoms with E-state index in [9.17, 15) is 21.6 Å². The first-order valence-electron chi connectivity index (χ1n) is 5.09. The second-order valence-corrected chi connectivity index (χ2v) is 6.08. The molecule has 0 unspecified atom stereocenters. The largest absolute Gasteiger partial charge is 0.416 e. The lowest BCUT2D eigenvalue weighted by molar-refractivity contribution is -0.137. The number of anilines is 2. The van der Waals surface area contributed by atoms with Gasteiger partial charge in [-0.2, -0.15) is 13.2 Å². The summed E-state index contributed by atoms with van der Waals surface area (Å²) in [6.07, 6.45) is -3.51. The highest BCUT2D eigenvalue weighted by Gasteiger charge is 2.31. The number of nitrogens with one attached hydrogen (secondary N) is 2. The van der Waals surface area contributed by atoms with Gasteiger partial charge in [-0.05, 0) is 12.1 Å². The van der Waals surface area contributed by atoms with Gasteiger partial charge in [0.2, 0.25) is 0 Å². The molecule has 0 aliphatic heterocycles. The molecule has 6 nitrogen and oxygen atoms in total. The van der Waals surface area contributed by atoms with E-state index in [1.54, 1.807) is 0 Å². The number of rotatable bonds is 5. The Hall–Kier alpha value is -1.55. The molecule has 0 spiro atoms. The van der Waals surface area contributed by atoms with Crippen LogP contribution < -0.4 is 16.6 Å². The number of aromatic nitrogens is 1. The smallest absolute Gasteiger partial charge is 0.369 e. The average Bonchev–Trinajstić information content (AvgIpc) is 2.25. The molecule has 0 aliphatic rings. The fraction of sp³-hybridized carbons (Fsp3) is 0.444. The van der Waals surface area contributed by atoms with Gasteiger partial charge in [-0.15, -0.1) is 0 Å². The standard InChI is InChI=1S/C9H13F3N4O2S/c1-19(17,18)3-2-14-7-4-6(9(10,11)12)5-8(15-7)16-13/h4-5H,2-3,13H2,1H3,(H2,14,15,16). The Balaban J connectivity index is 2.89. The van der Waals surface area contributed by atoms with Crippen LogP contribution in [0.3, 0.4) is 0 Å². The zero-order valence-corrected chi connectivity index (χ0v) is 10.8. The predicted octanol–water partition coefficient (Wildman–Crippen LogP) is 0.842. The molecule has 0 bridgehead atoms. The SMILES string of the molecule is CS(=O)(=O)CCNc1cc(C(F)(F)F)cc(NN)n1. The van der Waals surface area contributed by atoms with Crippen molar-refractivity contribution < 1.29 is 21.6 Å². The minimum absolute atomic E-state index is 0.0445. The number of alkyl halides is 3. The maximum absolute atomic E-state index is 12.6. The molecule has 0 saturated heterocycles. The second-order valence-electron chi connectivity index (χ2n) is 3.83. The number of hydrogen-bond donors (Lipinski definition) is 3. The van der Waals surface area contributed by atoms with E-state index in [4.69, 9.17) is 5.84 Å². The van der Waals surface area contributed by atoms with E-state index in [0.717, 1.165) is 18.4 Å². The van der Waals surface area contributed by atoms with E-state index in [0.29, 0.717) is 0 Å². The van der Waals surface area contributed by atoms with Crippen LogP contribution in [-0.4, -0.2) is 32.0 Å². The van der Waals surface area contributed by atoms with E-state index in [2.05, 4.69) is 10.3 Å². The lowest BCUT2D eigenvalue weighted by atomic mass is 10.2. The first-order chi connectivity index (χ1) is 8.62. The zero-order chi connectivity index (χ0) is 14.7. The first kappa shape index (κ1) is 15.5. The van der Waals surface area contributed by atoms with Crippen molar-refractivity contribution in [3.8, 4) is 0 Å². The Morgan fingerprint density at radius 3 is 2.37 bits per heavy atom. The minimum Gasteiger partial charge on any atom is -0.369 e. The van der Waals surface area contributed by atoms with Crippen LogP contribution in [0.5, 0.6) is 0 Å². The fourth-order valence-electron chi connectivity index (χ4n) is 1.22. The van der Waals surface area contributed by atoms with Gasteiger partial charge in [0.25, 0.3) is 0 Å². The molecule has 0 saturated carbocycles. The molecule has 0 fully saturated rings. The van der Waals surface area contributed by atoms with Crippen LogP contribution in [-0.2, 0) is 16.0 Å². The quantitative estimate of drug-likeness (QED) is 0.550. The van der Waals surface area contributed by atoms with Crippen LogP contribution >= 0.6 is 0 Å². The molecule has 1 aromatic heterocycles. The molecule has 4 N–H and O–H groups in total. The van der Waals surface area contributed by atoms with Gasteiger partial charge in [0, 0.05) is 12.8 Å². The maximum Gasteiger partial charge on any atom is 0.416 e. The lowest BCUT2D eigenvalue weighted by Gasteiger charge is -2.12. The maximum atomic E-state index is 12.6. The van der Waals surface area contributed by atoms with E-state index in [1.165, 1.54) is 0 Å². The molecule has 0 atom stereocenters. The monoisotopic (exact) mass is 298 g/mol.